The van der Waals surface area contributed by atoms with Gasteiger partial charge in [-0.2, -0.15) is 0 Å². The molecule has 3 rings (SSSR count). The molecule has 0 fully saturated rings. The van der Waals surface area contributed by atoms with Crippen LogP contribution in [0.5, 0.6) is 0 Å². The first-order chi connectivity index (χ1) is 10.1. The zero-order valence-electron chi connectivity index (χ0n) is 12.3. The molecule has 0 spiro atoms. The Morgan fingerprint density at radius 2 is 1.76 bits per heavy atom. The van der Waals surface area contributed by atoms with E-state index in [1.165, 1.54) is 0 Å². The summed E-state index contributed by atoms with van der Waals surface area (Å²) in [4.78, 5) is 17.1. The van der Waals surface area contributed by atoms with E-state index in [0.29, 0.717) is 6.42 Å². The van der Waals surface area contributed by atoms with Crippen LogP contribution in [0, 0.1) is 13.8 Å². The topological polar surface area (TPSA) is 30.0 Å². The molecule has 0 radical (unpaired) electrons. The summed E-state index contributed by atoms with van der Waals surface area (Å²) < 4.78 is 0. The lowest BCUT2D eigenvalue weighted by atomic mass is 9.98. The molecule has 0 bridgehead atoms. The third-order valence-corrected chi connectivity index (χ3v) is 3.74. The zero-order valence-corrected chi connectivity index (χ0v) is 12.3. The summed E-state index contributed by atoms with van der Waals surface area (Å²) >= 11 is 0. The van der Waals surface area contributed by atoms with E-state index in [4.69, 9.17) is 0 Å². The molecular weight excluding hydrogens is 258 g/mol. The van der Waals surface area contributed by atoms with Gasteiger partial charge in [0, 0.05) is 23.1 Å². The van der Waals surface area contributed by atoms with Crippen LogP contribution in [0.3, 0.4) is 0 Å². The Kier molecular flexibility index (Phi) is 3.53. The fourth-order valence-electron chi connectivity index (χ4n) is 2.60. The highest BCUT2D eigenvalue weighted by Crippen LogP contribution is 2.20. The van der Waals surface area contributed by atoms with E-state index in [-0.39, 0.29) is 5.78 Å². The van der Waals surface area contributed by atoms with E-state index in [1.807, 2.05) is 62.4 Å². The molecule has 2 nitrogen and oxygen atoms in total. The van der Waals surface area contributed by atoms with Gasteiger partial charge in [0.05, 0.1) is 5.52 Å². The molecule has 3 aromatic rings. The van der Waals surface area contributed by atoms with E-state index in [1.54, 1.807) is 0 Å². The quantitative estimate of drug-likeness (QED) is 0.668. The number of carbonyl (C=O) groups excluding carboxylic acids is 1. The lowest BCUT2D eigenvalue weighted by molar-refractivity contribution is 0.0992. The molecule has 1 heterocycles. The second-order valence-electron chi connectivity index (χ2n) is 5.36. The molecule has 0 N–H and O–H groups in total. The minimum Gasteiger partial charge on any atom is -0.294 e. The number of fused-ring (bicyclic) bond motifs is 1. The summed E-state index contributed by atoms with van der Waals surface area (Å²) in [6, 6.07) is 17.8. The number of ketones is 1. The lowest BCUT2D eigenvalue weighted by Crippen LogP contribution is -2.06. The monoisotopic (exact) mass is 275 g/mol. The van der Waals surface area contributed by atoms with Gasteiger partial charge in [-0.1, -0.05) is 48.5 Å². The number of hydrogen-bond donors (Lipinski definition) is 0. The van der Waals surface area contributed by atoms with Gasteiger partial charge < -0.3 is 0 Å². The van der Waals surface area contributed by atoms with Crippen LogP contribution in [0.2, 0.25) is 0 Å². The molecule has 0 saturated carbocycles. The van der Waals surface area contributed by atoms with Crippen LogP contribution in [0.4, 0.5) is 0 Å². The van der Waals surface area contributed by atoms with Crippen molar-refractivity contribution < 1.29 is 4.79 Å². The molecule has 0 amide bonds. The molecule has 0 saturated heterocycles. The lowest BCUT2D eigenvalue weighted by Gasteiger charge is -2.08. The van der Waals surface area contributed by atoms with E-state index in [9.17, 15) is 4.79 Å². The van der Waals surface area contributed by atoms with Crippen molar-refractivity contribution in [3.05, 3.63) is 77.0 Å². The molecule has 0 aliphatic rings. The summed E-state index contributed by atoms with van der Waals surface area (Å²) in [7, 11) is 0. The highest BCUT2D eigenvalue weighted by Gasteiger charge is 2.12. The largest absolute Gasteiger partial charge is 0.294 e. The number of hydrogen-bond acceptors (Lipinski definition) is 2. The van der Waals surface area contributed by atoms with Crippen molar-refractivity contribution in [3.8, 4) is 0 Å². The maximum absolute atomic E-state index is 12.5. The van der Waals surface area contributed by atoms with Crippen molar-refractivity contribution in [1.29, 1.82) is 0 Å². The van der Waals surface area contributed by atoms with E-state index >= 15 is 0 Å². The predicted molar refractivity (Wildman–Crippen MR) is 85.7 cm³/mol. The van der Waals surface area contributed by atoms with Gasteiger partial charge in [0.1, 0.15) is 0 Å². The zero-order chi connectivity index (χ0) is 14.8. The fourth-order valence-corrected chi connectivity index (χ4v) is 2.60. The highest BCUT2D eigenvalue weighted by atomic mass is 16.1. The molecule has 1 aromatic heterocycles. The van der Waals surface area contributed by atoms with Crippen molar-refractivity contribution >= 4 is 16.7 Å². The normalized spacial score (nSPS) is 10.8. The second kappa shape index (κ2) is 5.49. The molecule has 21 heavy (non-hydrogen) atoms. The molecular formula is C19H17NO. The van der Waals surface area contributed by atoms with Gasteiger partial charge in [-0.25, -0.2) is 0 Å². The second-order valence-corrected chi connectivity index (χ2v) is 5.36. The Bertz CT molecular complexity index is 821. The fraction of sp³-hybridized carbons (Fsp3) is 0.158. The van der Waals surface area contributed by atoms with Crippen LogP contribution in [0.15, 0.2) is 54.6 Å². The van der Waals surface area contributed by atoms with Crippen LogP contribution in [-0.4, -0.2) is 10.8 Å². The van der Waals surface area contributed by atoms with Gasteiger partial charge in [0.2, 0.25) is 0 Å². The number of pyridine rings is 1. The summed E-state index contributed by atoms with van der Waals surface area (Å²) in [5, 5.41) is 1.08. The van der Waals surface area contributed by atoms with Crippen LogP contribution < -0.4 is 0 Å². The molecule has 0 aliphatic carbocycles. The Balaban J connectivity index is 2.00. The number of benzene rings is 2. The first-order valence-corrected chi connectivity index (χ1v) is 7.09. The van der Waals surface area contributed by atoms with Crippen molar-refractivity contribution in [2.45, 2.75) is 20.3 Å². The van der Waals surface area contributed by atoms with Crippen LogP contribution >= 0.6 is 0 Å². The van der Waals surface area contributed by atoms with Gasteiger partial charge >= 0.3 is 0 Å². The highest BCUT2D eigenvalue weighted by molar-refractivity contribution is 6.00. The van der Waals surface area contributed by atoms with Crippen molar-refractivity contribution in [2.24, 2.45) is 0 Å². The van der Waals surface area contributed by atoms with Crippen LogP contribution in [0.1, 0.15) is 27.2 Å². The minimum absolute atomic E-state index is 0.143. The number of para-hydroxylation sites is 1. The number of nitrogens with zero attached hydrogens (tertiary/aromatic N) is 1. The SMILES string of the molecule is Cc1ccc2cccc(CC(=O)c3ccccc3C)c2n1. The molecule has 2 heteroatoms. The maximum atomic E-state index is 12.5. The van der Waals surface area contributed by atoms with Gasteiger partial charge in [-0.15, -0.1) is 0 Å². The average Bonchev–Trinajstić information content (AvgIpc) is 2.48. The number of aryl methyl sites for hydroxylation is 2. The van der Waals surface area contributed by atoms with Crippen LogP contribution in [-0.2, 0) is 6.42 Å². The summed E-state index contributed by atoms with van der Waals surface area (Å²) in [5.74, 6) is 0.143. The maximum Gasteiger partial charge on any atom is 0.167 e. The Morgan fingerprint density at radius 1 is 0.952 bits per heavy atom. The van der Waals surface area contributed by atoms with Gasteiger partial charge in [0.15, 0.2) is 5.78 Å². The number of rotatable bonds is 3. The predicted octanol–water partition coefficient (Wildman–Crippen LogP) is 4.28. The van der Waals surface area contributed by atoms with Crippen molar-refractivity contribution in [2.75, 3.05) is 0 Å². The molecule has 0 atom stereocenters. The van der Waals surface area contributed by atoms with Gasteiger partial charge in [-0.3, -0.25) is 9.78 Å². The van der Waals surface area contributed by atoms with E-state index in [0.717, 1.165) is 33.3 Å². The first-order valence-electron chi connectivity index (χ1n) is 7.09. The molecule has 0 unspecified atom stereocenters. The first kappa shape index (κ1) is 13.5. The van der Waals surface area contributed by atoms with Crippen LogP contribution in [0.25, 0.3) is 10.9 Å². The number of aromatic nitrogens is 1. The summed E-state index contributed by atoms with van der Waals surface area (Å²) in [6.07, 6.45) is 0.388. The van der Waals surface area contributed by atoms with Gasteiger partial charge in [0.25, 0.3) is 0 Å². The standard InChI is InChI=1S/C19H17NO/c1-13-6-3-4-9-17(13)18(21)12-16-8-5-7-15-11-10-14(2)20-19(15)16/h3-11H,12H2,1-2H3. The van der Waals surface area contributed by atoms with E-state index in [2.05, 4.69) is 11.1 Å². The Labute approximate surface area is 124 Å². The Hall–Kier alpha value is -2.48. The molecule has 104 valence electrons. The Morgan fingerprint density at radius 3 is 2.57 bits per heavy atom. The smallest absolute Gasteiger partial charge is 0.167 e. The minimum atomic E-state index is 0.143. The van der Waals surface area contributed by atoms with Gasteiger partial charge in [-0.05, 0) is 31.0 Å². The van der Waals surface area contributed by atoms with E-state index < -0.39 is 0 Å². The van der Waals surface area contributed by atoms with Crippen molar-refractivity contribution in [1.82, 2.24) is 4.98 Å². The average molecular weight is 275 g/mol. The third-order valence-electron chi connectivity index (χ3n) is 3.74. The summed E-state index contributed by atoms with van der Waals surface area (Å²) in [6.45, 7) is 3.94. The molecule has 0 aliphatic heterocycles. The summed E-state index contributed by atoms with van der Waals surface area (Å²) in [5.41, 5.74) is 4.70. The number of carbonyl (C=O) groups is 1. The third kappa shape index (κ3) is 2.70. The van der Waals surface area contributed by atoms with Crippen molar-refractivity contribution in [3.63, 3.8) is 0 Å². The molecule has 2 aromatic carbocycles. The number of Topliss-reactive ketones (excluding diaryl/α,β-unsaturated/α-hetero) is 1.